The van der Waals surface area contributed by atoms with Gasteiger partial charge in [-0.15, -0.1) is 11.6 Å². The van der Waals surface area contributed by atoms with Crippen LogP contribution in [0, 0.1) is 0 Å². The highest BCUT2D eigenvalue weighted by Gasteiger charge is 2.51. The minimum atomic E-state index is -4.66. The lowest BCUT2D eigenvalue weighted by Gasteiger charge is -2.34. The lowest BCUT2D eigenvalue weighted by Crippen LogP contribution is -2.38. The molecule has 10 heteroatoms. The van der Waals surface area contributed by atoms with Gasteiger partial charge in [0, 0.05) is 18.8 Å². The van der Waals surface area contributed by atoms with E-state index < -0.39 is 48.8 Å². The summed E-state index contributed by atoms with van der Waals surface area (Å²) in [4.78, 5) is 9.84. The molecule has 0 bridgehead atoms. The Bertz CT molecular complexity index is 442. The van der Waals surface area contributed by atoms with E-state index in [-0.39, 0.29) is 12.8 Å². The molecule has 2 unspecified atom stereocenters. The highest BCUT2D eigenvalue weighted by molar-refractivity contribution is 7.54. The molecule has 1 aliphatic heterocycles. The third-order valence-corrected chi connectivity index (χ3v) is 6.57. The standard InChI is InChI=1S/C12H22BClFO6P/c1-4-11(3,17)22(18,19)21-12(15,5-2)6-7-9(16)8(14)10(13)20-7/h7-10,16-17H,4-6H2,1-3H3,(H,18,19)/t7-,8-,9-,10-,11-,12?/m1/s1. The number of ether oxygens (including phenoxy) is 1. The molecule has 0 spiro atoms. The van der Waals surface area contributed by atoms with Crippen molar-refractivity contribution in [2.24, 2.45) is 0 Å². The molecular formula is C12H22BClFO6P. The van der Waals surface area contributed by atoms with Crippen molar-refractivity contribution in [3.8, 4) is 0 Å². The van der Waals surface area contributed by atoms with E-state index in [2.05, 4.69) is 0 Å². The Morgan fingerprint density at radius 1 is 1.45 bits per heavy atom. The van der Waals surface area contributed by atoms with Gasteiger partial charge in [-0.1, -0.05) is 13.8 Å². The first-order valence-electron chi connectivity index (χ1n) is 7.07. The van der Waals surface area contributed by atoms with Gasteiger partial charge in [-0.3, -0.25) is 9.09 Å². The summed E-state index contributed by atoms with van der Waals surface area (Å²) >= 11 is 5.80. The van der Waals surface area contributed by atoms with E-state index in [0.717, 1.165) is 6.92 Å². The summed E-state index contributed by atoms with van der Waals surface area (Å²) in [7, 11) is 0.854. The Hall–Kier alpha value is 0.315. The smallest absolute Gasteiger partial charge is 0.361 e. The minimum Gasteiger partial charge on any atom is -0.389 e. The molecule has 0 amide bonds. The van der Waals surface area contributed by atoms with Crippen LogP contribution in [0.1, 0.15) is 40.0 Å². The number of rotatable bonds is 7. The van der Waals surface area contributed by atoms with Crippen molar-refractivity contribution in [3.63, 3.8) is 0 Å². The molecule has 0 aromatic rings. The topological polar surface area (TPSA) is 96.2 Å². The second-order valence-corrected chi connectivity index (χ2v) is 8.39. The number of aliphatic hydroxyl groups is 2. The fourth-order valence-electron chi connectivity index (χ4n) is 1.99. The number of alkyl halides is 2. The number of hydrogen-bond donors (Lipinski definition) is 3. The van der Waals surface area contributed by atoms with Crippen LogP contribution in [0.15, 0.2) is 0 Å². The Labute approximate surface area is 135 Å². The maximum absolute atomic E-state index is 14.8. The average molecular weight is 359 g/mol. The van der Waals surface area contributed by atoms with Crippen LogP contribution >= 0.6 is 19.2 Å². The van der Waals surface area contributed by atoms with Crippen LogP contribution in [0.25, 0.3) is 0 Å². The third-order valence-electron chi connectivity index (χ3n) is 3.95. The summed E-state index contributed by atoms with van der Waals surface area (Å²) in [5.74, 6) is -2.57. The lowest BCUT2D eigenvalue weighted by atomic mass is 9.94. The van der Waals surface area contributed by atoms with Gasteiger partial charge < -0.3 is 19.8 Å². The van der Waals surface area contributed by atoms with Crippen LogP contribution in [-0.4, -0.2) is 57.7 Å². The van der Waals surface area contributed by atoms with E-state index in [1.165, 1.54) is 13.8 Å². The zero-order chi connectivity index (χ0) is 17.3. The molecule has 1 rings (SSSR count). The monoisotopic (exact) mass is 358 g/mol. The second-order valence-electron chi connectivity index (χ2n) is 5.70. The first kappa shape index (κ1) is 20.4. The Kier molecular flexibility index (Phi) is 6.53. The van der Waals surface area contributed by atoms with Crippen molar-refractivity contribution >= 4 is 27.0 Å². The molecule has 0 aromatic heterocycles. The number of hydrogen-bond acceptors (Lipinski definition) is 5. The normalized spacial score (nSPS) is 37.3. The molecular weight excluding hydrogens is 336 g/mol. The van der Waals surface area contributed by atoms with Crippen molar-refractivity contribution in [1.29, 1.82) is 0 Å². The highest BCUT2D eigenvalue weighted by Crippen LogP contribution is 2.59. The molecule has 7 atom stereocenters. The van der Waals surface area contributed by atoms with E-state index in [1.54, 1.807) is 0 Å². The van der Waals surface area contributed by atoms with Crippen LogP contribution in [0.4, 0.5) is 4.39 Å². The zero-order valence-electron chi connectivity index (χ0n) is 12.8. The molecule has 1 fully saturated rings. The molecule has 0 aliphatic carbocycles. The number of aliphatic hydroxyl groups excluding tert-OH is 1. The number of halogens is 2. The van der Waals surface area contributed by atoms with Crippen LogP contribution in [0.5, 0.6) is 0 Å². The summed E-state index contributed by atoms with van der Waals surface area (Å²) in [5, 5.41) is 16.7. The highest BCUT2D eigenvalue weighted by atomic mass is 35.5. The predicted octanol–water partition coefficient (Wildman–Crippen LogP) is 1.63. The SMILES string of the molecule is [B][C@@H]1O[C@H](CC(F)(CC)OP(=O)(O)[C@@](C)(O)CC)[C@@H](O)[C@H]1Cl. The molecule has 3 N–H and O–H groups in total. The van der Waals surface area contributed by atoms with E-state index in [9.17, 15) is 24.1 Å². The Balaban J connectivity index is 2.87. The van der Waals surface area contributed by atoms with Crippen LogP contribution in [0.3, 0.4) is 0 Å². The van der Waals surface area contributed by atoms with Crippen molar-refractivity contribution < 1.29 is 33.3 Å². The quantitative estimate of drug-likeness (QED) is 0.364. The van der Waals surface area contributed by atoms with Gasteiger partial charge in [-0.25, -0.2) is 4.39 Å². The van der Waals surface area contributed by atoms with E-state index in [4.69, 9.17) is 28.7 Å². The van der Waals surface area contributed by atoms with E-state index >= 15 is 0 Å². The molecule has 2 radical (unpaired) electrons. The minimum absolute atomic E-state index is 0.0995. The maximum Gasteiger partial charge on any atom is 0.361 e. The summed E-state index contributed by atoms with van der Waals surface area (Å²) < 4.78 is 36.8. The fourth-order valence-corrected chi connectivity index (χ4v) is 3.46. The molecule has 6 nitrogen and oxygen atoms in total. The largest absolute Gasteiger partial charge is 0.389 e. The van der Waals surface area contributed by atoms with Gasteiger partial charge in [-0.2, -0.15) is 0 Å². The predicted molar refractivity (Wildman–Crippen MR) is 80.6 cm³/mol. The molecule has 22 heavy (non-hydrogen) atoms. The van der Waals surface area contributed by atoms with Gasteiger partial charge >= 0.3 is 7.60 Å². The lowest BCUT2D eigenvalue weighted by molar-refractivity contribution is -0.124. The summed E-state index contributed by atoms with van der Waals surface area (Å²) in [6.45, 7) is 3.97. The molecule has 1 heterocycles. The molecule has 0 aromatic carbocycles. The van der Waals surface area contributed by atoms with Gasteiger partial charge in [0.15, 0.2) is 5.34 Å². The third kappa shape index (κ3) is 4.23. The summed E-state index contributed by atoms with van der Waals surface area (Å²) in [6.07, 6.45) is -3.23. The molecule has 1 aliphatic rings. The summed E-state index contributed by atoms with van der Waals surface area (Å²) in [6, 6.07) is -0.970. The average Bonchev–Trinajstić information content (AvgIpc) is 2.65. The molecule has 128 valence electrons. The van der Waals surface area contributed by atoms with Gasteiger partial charge in [0.2, 0.25) is 5.85 Å². The van der Waals surface area contributed by atoms with Gasteiger partial charge in [0.1, 0.15) is 7.85 Å². The zero-order valence-corrected chi connectivity index (χ0v) is 14.4. The van der Waals surface area contributed by atoms with Gasteiger partial charge in [-0.05, 0) is 13.3 Å². The second kappa shape index (κ2) is 7.05. The van der Waals surface area contributed by atoms with Crippen LogP contribution in [-0.2, 0) is 13.8 Å². The van der Waals surface area contributed by atoms with Gasteiger partial charge in [0.05, 0.1) is 17.6 Å². The molecule has 1 saturated heterocycles. The summed E-state index contributed by atoms with van der Waals surface area (Å²) in [5.41, 5.74) is 0. The van der Waals surface area contributed by atoms with Crippen molar-refractivity contribution in [3.05, 3.63) is 0 Å². The van der Waals surface area contributed by atoms with Crippen LogP contribution in [0.2, 0.25) is 0 Å². The first-order valence-corrected chi connectivity index (χ1v) is 9.08. The fraction of sp³-hybridized carbons (Fsp3) is 1.00. The Morgan fingerprint density at radius 2 is 2.00 bits per heavy atom. The molecule has 0 saturated carbocycles. The van der Waals surface area contributed by atoms with Crippen molar-refractivity contribution in [2.45, 2.75) is 74.8 Å². The van der Waals surface area contributed by atoms with Gasteiger partial charge in [0.25, 0.3) is 0 Å². The van der Waals surface area contributed by atoms with E-state index in [1.807, 2.05) is 0 Å². The van der Waals surface area contributed by atoms with Crippen molar-refractivity contribution in [1.82, 2.24) is 0 Å². The van der Waals surface area contributed by atoms with Crippen molar-refractivity contribution in [2.75, 3.05) is 0 Å². The van der Waals surface area contributed by atoms with Crippen LogP contribution < -0.4 is 0 Å². The maximum atomic E-state index is 14.8. The first-order chi connectivity index (χ1) is 9.89. The van der Waals surface area contributed by atoms with E-state index in [0.29, 0.717) is 0 Å². The Morgan fingerprint density at radius 3 is 2.36 bits per heavy atom.